The first-order chi connectivity index (χ1) is 7.58. The maximum Gasteiger partial charge on any atom is 0.261 e. The minimum Gasteiger partial charge on any atom is -0.316 e. The number of halogens is 1. The topological polar surface area (TPSA) is 71.1 Å². The van der Waals surface area contributed by atoms with Gasteiger partial charge in [0.2, 0.25) is 5.03 Å². The molecule has 0 saturated carbocycles. The van der Waals surface area contributed by atoms with E-state index in [0.29, 0.717) is 6.54 Å². The van der Waals surface area contributed by atoms with E-state index in [1.807, 2.05) is 6.92 Å². The standard InChI is InChI=1S/C9H14FN3O2S/c1-2-11-6-7-13-16(14,15)9-8(10)4-3-5-12-9/h3-5,11,13H,2,6-7H2,1H3. The van der Waals surface area contributed by atoms with Crippen molar-refractivity contribution >= 4 is 10.0 Å². The zero-order chi connectivity index (χ0) is 12.0. The van der Waals surface area contributed by atoms with Gasteiger partial charge in [0.25, 0.3) is 10.0 Å². The molecule has 0 aliphatic carbocycles. The van der Waals surface area contributed by atoms with Gasteiger partial charge in [-0.2, -0.15) is 0 Å². The summed E-state index contributed by atoms with van der Waals surface area (Å²) in [5.74, 6) is -0.849. The normalized spacial score (nSPS) is 11.6. The molecule has 1 aromatic rings. The summed E-state index contributed by atoms with van der Waals surface area (Å²) in [7, 11) is -3.85. The molecule has 0 fully saturated rings. The van der Waals surface area contributed by atoms with Gasteiger partial charge in [0.15, 0.2) is 5.82 Å². The molecule has 0 amide bonds. The van der Waals surface area contributed by atoms with Crippen LogP contribution in [0.3, 0.4) is 0 Å². The highest BCUT2D eigenvalue weighted by molar-refractivity contribution is 7.89. The van der Waals surface area contributed by atoms with Crippen molar-refractivity contribution in [2.24, 2.45) is 0 Å². The van der Waals surface area contributed by atoms with Crippen molar-refractivity contribution in [3.8, 4) is 0 Å². The van der Waals surface area contributed by atoms with E-state index in [1.165, 1.54) is 12.3 Å². The molecule has 0 aliphatic heterocycles. The van der Waals surface area contributed by atoms with Crippen LogP contribution in [0.5, 0.6) is 0 Å². The number of sulfonamides is 1. The highest BCUT2D eigenvalue weighted by atomic mass is 32.2. The Morgan fingerprint density at radius 2 is 2.19 bits per heavy atom. The maximum atomic E-state index is 13.2. The summed E-state index contributed by atoms with van der Waals surface area (Å²) in [4.78, 5) is 3.50. The molecule has 90 valence electrons. The largest absolute Gasteiger partial charge is 0.316 e. The summed E-state index contributed by atoms with van der Waals surface area (Å²) >= 11 is 0. The van der Waals surface area contributed by atoms with Crippen molar-refractivity contribution in [1.82, 2.24) is 15.0 Å². The molecular weight excluding hydrogens is 233 g/mol. The fourth-order valence-electron chi connectivity index (χ4n) is 1.09. The number of pyridine rings is 1. The van der Waals surface area contributed by atoms with Crippen LogP contribution in [0.15, 0.2) is 23.4 Å². The minimum absolute atomic E-state index is 0.201. The summed E-state index contributed by atoms with van der Waals surface area (Å²) in [6.07, 6.45) is 1.24. The zero-order valence-electron chi connectivity index (χ0n) is 8.90. The van der Waals surface area contributed by atoms with Crippen molar-refractivity contribution in [3.05, 3.63) is 24.1 Å². The zero-order valence-corrected chi connectivity index (χ0v) is 9.72. The Morgan fingerprint density at radius 3 is 2.81 bits per heavy atom. The van der Waals surface area contributed by atoms with Crippen molar-refractivity contribution in [2.45, 2.75) is 11.9 Å². The van der Waals surface area contributed by atoms with Crippen molar-refractivity contribution < 1.29 is 12.8 Å². The quantitative estimate of drug-likeness (QED) is 0.700. The second kappa shape index (κ2) is 5.88. The molecule has 0 unspecified atom stereocenters. The van der Waals surface area contributed by atoms with Gasteiger partial charge in [0, 0.05) is 19.3 Å². The Kier molecular flexibility index (Phi) is 4.78. The third-order valence-corrected chi connectivity index (χ3v) is 3.22. The monoisotopic (exact) mass is 247 g/mol. The van der Waals surface area contributed by atoms with Gasteiger partial charge in [-0.05, 0) is 18.7 Å². The predicted octanol–water partition coefficient (Wildman–Crippen LogP) is 0.109. The van der Waals surface area contributed by atoms with Gasteiger partial charge in [0.1, 0.15) is 0 Å². The Bertz CT molecular complexity index is 436. The van der Waals surface area contributed by atoms with Gasteiger partial charge in [-0.3, -0.25) is 0 Å². The summed E-state index contributed by atoms with van der Waals surface area (Å²) in [6.45, 7) is 3.35. The minimum atomic E-state index is -3.85. The van der Waals surface area contributed by atoms with E-state index < -0.39 is 20.9 Å². The summed E-state index contributed by atoms with van der Waals surface area (Å²) in [5, 5.41) is 2.38. The van der Waals surface area contributed by atoms with E-state index in [2.05, 4.69) is 15.0 Å². The molecule has 1 aromatic heterocycles. The SMILES string of the molecule is CCNCCNS(=O)(=O)c1ncccc1F. The molecule has 2 N–H and O–H groups in total. The molecule has 5 nitrogen and oxygen atoms in total. The van der Waals surface area contributed by atoms with E-state index in [1.54, 1.807) is 0 Å². The van der Waals surface area contributed by atoms with Crippen LogP contribution in [0.1, 0.15) is 6.92 Å². The molecular formula is C9H14FN3O2S. The van der Waals surface area contributed by atoms with E-state index in [-0.39, 0.29) is 6.54 Å². The lowest BCUT2D eigenvalue weighted by Crippen LogP contribution is -2.32. The lowest BCUT2D eigenvalue weighted by Gasteiger charge is -2.06. The number of rotatable bonds is 6. The third-order valence-electron chi connectivity index (χ3n) is 1.82. The number of nitrogens with zero attached hydrogens (tertiary/aromatic N) is 1. The second-order valence-corrected chi connectivity index (χ2v) is 4.72. The molecule has 7 heteroatoms. The van der Waals surface area contributed by atoms with Gasteiger partial charge in [-0.15, -0.1) is 0 Å². The van der Waals surface area contributed by atoms with E-state index in [9.17, 15) is 12.8 Å². The Morgan fingerprint density at radius 1 is 1.44 bits per heavy atom. The van der Waals surface area contributed by atoms with Crippen molar-refractivity contribution in [1.29, 1.82) is 0 Å². The Balaban J connectivity index is 2.68. The number of aromatic nitrogens is 1. The van der Waals surface area contributed by atoms with Crippen molar-refractivity contribution in [2.75, 3.05) is 19.6 Å². The molecule has 1 heterocycles. The molecule has 0 aliphatic rings. The lowest BCUT2D eigenvalue weighted by atomic mass is 10.5. The van der Waals surface area contributed by atoms with E-state index in [0.717, 1.165) is 12.6 Å². The molecule has 1 rings (SSSR count). The number of nitrogens with one attached hydrogen (secondary N) is 2. The van der Waals surface area contributed by atoms with Crippen LogP contribution in [0.25, 0.3) is 0 Å². The first kappa shape index (κ1) is 13.0. The first-order valence-electron chi connectivity index (χ1n) is 4.89. The van der Waals surface area contributed by atoms with Gasteiger partial charge in [-0.25, -0.2) is 22.5 Å². The average molecular weight is 247 g/mol. The summed E-state index contributed by atoms with van der Waals surface area (Å²) < 4.78 is 38.6. The van der Waals surface area contributed by atoms with Crippen LogP contribution in [0.4, 0.5) is 4.39 Å². The summed E-state index contributed by atoms with van der Waals surface area (Å²) in [6, 6.07) is 2.40. The van der Waals surface area contributed by atoms with Crippen LogP contribution in [0, 0.1) is 5.82 Å². The fraction of sp³-hybridized carbons (Fsp3) is 0.444. The highest BCUT2D eigenvalue weighted by Gasteiger charge is 2.19. The van der Waals surface area contributed by atoms with Crippen LogP contribution >= 0.6 is 0 Å². The highest BCUT2D eigenvalue weighted by Crippen LogP contribution is 2.08. The molecule has 0 radical (unpaired) electrons. The number of hydrogen-bond donors (Lipinski definition) is 2. The number of likely N-dealkylation sites (N-methyl/N-ethyl adjacent to an activating group) is 1. The predicted molar refractivity (Wildman–Crippen MR) is 57.9 cm³/mol. The second-order valence-electron chi connectivity index (χ2n) is 3.04. The van der Waals surface area contributed by atoms with E-state index >= 15 is 0 Å². The van der Waals surface area contributed by atoms with Gasteiger partial charge >= 0.3 is 0 Å². The third kappa shape index (κ3) is 3.51. The Labute approximate surface area is 94.1 Å². The summed E-state index contributed by atoms with van der Waals surface area (Å²) in [5.41, 5.74) is 0. The Hall–Kier alpha value is -1.05. The number of hydrogen-bond acceptors (Lipinski definition) is 4. The van der Waals surface area contributed by atoms with Gasteiger partial charge in [0.05, 0.1) is 0 Å². The fourth-order valence-corrected chi connectivity index (χ4v) is 2.12. The first-order valence-corrected chi connectivity index (χ1v) is 6.37. The molecule has 0 bridgehead atoms. The molecule has 0 saturated heterocycles. The average Bonchev–Trinajstić information content (AvgIpc) is 2.25. The van der Waals surface area contributed by atoms with Crippen LogP contribution in [0.2, 0.25) is 0 Å². The molecule has 16 heavy (non-hydrogen) atoms. The molecule has 0 spiro atoms. The van der Waals surface area contributed by atoms with Crippen LogP contribution < -0.4 is 10.0 Å². The smallest absolute Gasteiger partial charge is 0.261 e. The maximum absolute atomic E-state index is 13.2. The van der Waals surface area contributed by atoms with Crippen molar-refractivity contribution in [3.63, 3.8) is 0 Å². The van der Waals surface area contributed by atoms with Crippen LogP contribution in [-0.4, -0.2) is 33.0 Å². The molecule has 0 aromatic carbocycles. The molecule has 0 atom stereocenters. The van der Waals surface area contributed by atoms with Crippen LogP contribution in [-0.2, 0) is 10.0 Å². The van der Waals surface area contributed by atoms with Gasteiger partial charge in [-0.1, -0.05) is 6.92 Å². The van der Waals surface area contributed by atoms with Gasteiger partial charge < -0.3 is 5.32 Å². The van der Waals surface area contributed by atoms with E-state index in [4.69, 9.17) is 0 Å². The lowest BCUT2D eigenvalue weighted by molar-refractivity contribution is 0.543.